The maximum absolute atomic E-state index is 14.4. The molecule has 0 bridgehead atoms. The summed E-state index contributed by atoms with van der Waals surface area (Å²) < 4.78 is 27.9. The lowest BCUT2D eigenvalue weighted by atomic mass is 9.87. The van der Waals surface area contributed by atoms with E-state index in [4.69, 9.17) is 5.26 Å². The Morgan fingerprint density at radius 3 is 2.74 bits per heavy atom. The molecular weight excluding hydrogens is 350 g/mol. The number of H-pyrrole nitrogens is 1. The quantitative estimate of drug-likeness (QED) is 0.751. The summed E-state index contributed by atoms with van der Waals surface area (Å²) in [6.45, 7) is 0.937. The molecule has 2 aromatic heterocycles. The molecule has 136 valence electrons. The molecule has 0 spiro atoms. The first kappa shape index (κ1) is 17.2. The number of likely N-dealkylation sites (tertiary alicyclic amines) is 1. The van der Waals surface area contributed by atoms with Crippen molar-refractivity contribution in [3.8, 4) is 6.07 Å². The van der Waals surface area contributed by atoms with Gasteiger partial charge in [-0.25, -0.2) is 13.8 Å². The van der Waals surface area contributed by atoms with Crippen LogP contribution in [0.3, 0.4) is 0 Å². The van der Waals surface area contributed by atoms with E-state index in [1.807, 2.05) is 6.07 Å². The topological polar surface area (TPSA) is 72.8 Å². The van der Waals surface area contributed by atoms with Crippen LogP contribution < -0.4 is 0 Å². The second-order valence-corrected chi connectivity index (χ2v) is 6.63. The number of fused-ring (bicyclic) bond motifs is 1. The summed E-state index contributed by atoms with van der Waals surface area (Å²) in [5.41, 5.74) is 1.43. The zero-order valence-electron chi connectivity index (χ0n) is 14.4. The lowest BCUT2D eigenvalue weighted by Crippen LogP contribution is -2.38. The van der Waals surface area contributed by atoms with Gasteiger partial charge in [-0.1, -0.05) is 0 Å². The Morgan fingerprint density at radius 1 is 1.22 bits per heavy atom. The lowest BCUT2D eigenvalue weighted by molar-refractivity contribution is 0.0712. The average molecular weight is 366 g/mol. The van der Waals surface area contributed by atoms with E-state index in [2.05, 4.69) is 9.97 Å². The average Bonchev–Trinajstić information content (AvgIpc) is 3.16. The molecule has 1 aliphatic heterocycles. The van der Waals surface area contributed by atoms with Gasteiger partial charge in [-0.15, -0.1) is 0 Å². The third-order valence-corrected chi connectivity index (χ3v) is 5.10. The van der Waals surface area contributed by atoms with Crippen LogP contribution in [-0.4, -0.2) is 33.9 Å². The Bertz CT molecular complexity index is 1060. The van der Waals surface area contributed by atoms with Crippen molar-refractivity contribution in [2.75, 3.05) is 13.1 Å². The second-order valence-electron chi connectivity index (χ2n) is 6.63. The number of piperidine rings is 1. The molecule has 27 heavy (non-hydrogen) atoms. The number of halogens is 2. The Kier molecular flexibility index (Phi) is 4.32. The van der Waals surface area contributed by atoms with Crippen LogP contribution in [0.15, 0.2) is 36.7 Å². The van der Waals surface area contributed by atoms with E-state index in [0.717, 1.165) is 11.5 Å². The molecule has 1 fully saturated rings. The largest absolute Gasteiger partial charge is 0.346 e. The maximum Gasteiger partial charge on any atom is 0.253 e. The third kappa shape index (κ3) is 3.04. The minimum absolute atomic E-state index is 0.00163. The molecule has 0 saturated carbocycles. The lowest BCUT2D eigenvalue weighted by Gasteiger charge is -2.32. The zero-order chi connectivity index (χ0) is 19.0. The van der Waals surface area contributed by atoms with Crippen molar-refractivity contribution in [1.82, 2.24) is 14.9 Å². The molecule has 3 aromatic rings. The Morgan fingerprint density at radius 2 is 2.00 bits per heavy atom. The van der Waals surface area contributed by atoms with Crippen LogP contribution in [0.4, 0.5) is 8.78 Å². The van der Waals surface area contributed by atoms with Gasteiger partial charge in [0.05, 0.1) is 11.8 Å². The number of carbonyl (C=O) groups is 1. The van der Waals surface area contributed by atoms with Crippen molar-refractivity contribution in [1.29, 1.82) is 5.26 Å². The van der Waals surface area contributed by atoms with Crippen LogP contribution >= 0.6 is 0 Å². The van der Waals surface area contributed by atoms with Crippen molar-refractivity contribution >= 4 is 16.9 Å². The molecule has 4 rings (SSSR count). The van der Waals surface area contributed by atoms with E-state index in [0.29, 0.717) is 37.1 Å². The molecule has 0 radical (unpaired) electrons. The van der Waals surface area contributed by atoms with Gasteiger partial charge in [0.1, 0.15) is 23.4 Å². The summed E-state index contributed by atoms with van der Waals surface area (Å²) in [5.74, 6) is -1.22. The van der Waals surface area contributed by atoms with Gasteiger partial charge < -0.3 is 9.88 Å². The fourth-order valence-corrected chi connectivity index (χ4v) is 3.72. The molecule has 3 heterocycles. The number of nitriles is 1. The highest BCUT2D eigenvalue weighted by molar-refractivity contribution is 5.94. The van der Waals surface area contributed by atoms with Crippen LogP contribution in [0.25, 0.3) is 11.0 Å². The highest BCUT2D eigenvalue weighted by atomic mass is 19.1. The number of aromatic amines is 1. The predicted molar refractivity (Wildman–Crippen MR) is 95.0 cm³/mol. The van der Waals surface area contributed by atoms with E-state index in [1.54, 1.807) is 17.2 Å². The monoisotopic (exact) mass is 366 g/mol. The van der Waals surface area contributed by atoms with Gasteiger partial charge in [0, 0.05) is 35.8 Å². The first-order chi connectivity index (χ1) is 13.1. The molecule has 1 N–H and O–H groups in total. The number of rotatable bonds is 2. The van der Waals surface area contributed by atoms with Crippen LogP contribution in [0, 0.1) is 23.0 Å². The van der Waals surface area contributed by atoms with Crippen molar-refractivity contribution in [2.24, 2.45) is 0 Å². The van der Waals surface area contributed by atoms with Crippen LogP contribution in [0.5, 0.6) is 0 Å². The highest BCUT2D eigenvalue weighted by Gasteiger charge is 2.28. The van der Waals surface area contributed by atoms with E-state index >= 15 is 0 Å². The molecule has 0 unspecified atom stereocenters. The molecular formula is C20H16F2N4O. The Balaban J connectivity index is 1.52. The molecule has 1 saturated heterocycles. The van der Waals surface area contributed by atoms with Gasteiger partial charge in [-0.2, -0.15) is 5.26 Å². The van der Waals surface area contributed by atoms with Crippen LogP contribution in [0.2, 0.25) is 0 Å². The summed E-state index contributed by atoms with van der Waals surface area (Å²) in [6.07, 6.45) is 4.21. The molecule has 0 atom stereocenters. The van der Waals surface area contributed by atoms with Gasteiger partial charge in [-0.05, 0) is 43.0 Å². The number of hydrogen-bond donors (Lipinski definition) is 1. The van der Waals surface area contributed by atoms with Gasteiger partial charge >= 0.3 is 0 Å². The standard InChI is InChI=1S/C20H16F2N4O/c21-16-2-1-13(9-14(16)10-23)20(27)26-7-4-12(5-8-26)18-15-3-6-24-19(15)25-11-17(18)22/h1-3,6,9,11-12H,4-5,7-8H2,(H,24,25). The molecule has 7 heteroatoms. The van der Waals surface area contributed by atoms with Gasteiger partial charge in [-0.3, -0.25) is 4.79 Å². The number of carbonyl (C=O) groups excluding carboxylic acids is 1. The van der Waals surface area contributed by atoms with Crippen molar-refractivity contribution in [3.05, 3.63) is 65.0 Å². The molecule has 0 aliphatic carbocycles. The van der Waals surface area contributed by atoms with Crippen LogP contribution in [-0.2, 0) is 0 Å². The molecule has 1 aromatic carbocycles. The number of pyridine rings is 1. The number of amides is 1. The maximum atomic E-state index is 14.4. The van der Waals surface area contributed by atoms with E-state index in [-0.39, 0.29) is 28.8 Å². The van der Waals surface area contributed by atoms with Gasteiger partial charge in [0.2, 0.25) is 0 Å². The smallest absolute Gasteiger partial charge is 0.253 e. The van der Waals surface area contributed by atoms with Gasteiger partial charge in [0.25, 0.3) is 5.91 Å². The van der Waals surface area contributed by atoms with Gasteiger partial charge in [0.15, 0.2) is 0 Å². The van der Waals surface area contributed by atoms with E-state index in [9.17, 15) is 13.6 Å². The Labute approximate surface area is 154 Å². The first-order valence-corrected chi connectivity index (χ1v) is 8.69. The minimum Gasteiger partial charge on any atom is -0.346 e. The third-order valence-electron chi connectivity index (χ3n) is 5.10. The number of hydrogen-bond acceptors (Lipinski definition) is 3. The predicted octanol–water partition coefficient (Wildman–Crippen LogP) is 3.73. The molecule has 1 aliphatic rings. The number of benzene rings is 1. The van der Waals surface area contributed by atoms with E-state index in [1.165, 1.54) is 18.3 Å². The number of aromatic nitrogens is 2. The highest BCUT2D eigenvalue weighted by Crippen LogP contribution is 2.34. The fraction of sp³-hybridized carbons (Fsp3) is 0.250. The summed E-state index contributed by atoms with van der Waals surface area (Å²) >= 11 is 0. The minimum atomic E-state index is -0.642. The Hall–Kier alpha value is -3.27. The summed E-state index contributed by atoms with van der Waals surface area (Å²) in [7, 11) is 0. The summed E-state index contributed by atoms with van der Waals surface area (Å²) in [5, 5.41) is 9.71. The zero-order valence-corrected chi connectivity index (χ0v) is 14.4. The van der Waals surface area contributed by atoms with E-state index < -0.39 is 5.82 Å². The second kappa shape index (κ2) is 6.80. The van der Waals surface area contributed by atoms with Crippen molar-refractivity contribution in [3.63, 3.8) is 0 Å². The number of nitrogens with zero attached hydrogens (tertiary/aromatic N) is 3. The van der Waals surface area contributed by atoms with Crippen LogP contribution in [0.1, 0.15) is 40.2 Å². The number of nitrogens with one attached hydrogen (secondary N) is 1. The molecule has 5 nitrogen and oxygen atoms in total. The fourth-order valence-electron chi connectivity index (χ4n) is 3.72. The van der Waals surface area contributed by atoms with Crippen molar-refractivity contribution < 1.29 is 13.6 Å². The normalized spacial score (nSPS) is 15.1. The summed E-state index contributed by atoms with van der Waals surface area (Å²) in [4.78, 5) is 21.4. The SMILES string of the molecule is N#Cc1cc(C(=O)N2CCC(c3c(F)cnc4[nH]ccc34)CC2)ccc1F. The van der Waals surface area contributed by atoms with Crippen molar-refractivity contribution in [2.45, 2.75) is 18.8 Å². The summed E-state index contributed by atoms with van der Waals surface area (Å²) in [6, 6.07) is 7.36. The first-order valence-electron chi connectivity index (χ1n) is 8.69. The molecule has 1 amide bonds.